The highest BCUT2D eigenvalue weighted by Crippen LogP contribution is 2.28. The second-order valence-corrected chi connectivity index (χ2v) is 3.04. The van der Waals surface area contributed by atoms with Crippen LogP contribution in [0.15, 0.2) is 34.9 Å². The van der Waals surface area contributed by atoms with Crippen LogP contribution in [0.2, 0.25) is 0 Å². The van der Waals surface area contributed by atoms with Gasteiger partial charge in [0.1, 0.15) is 18.1 Å². The van der Waals surface area contributed by atoms with Gasteiger partial charge >= 0.3 is 0 Å². The Morgan fingerprint density at radius 3 is 2.87 bits per heavy atom. The maximum absolute atomic E-state index is 8.86. The summed E-state index contributed by atoms with van der Waals surface area (Å²) in [5.41, 5.74) is 1.51. The highest BCUT2D eigenvalue weighted by Gasteiger charge is 2.09. The van der Waals surface area contributed by atoms with E-state index in [1.807, 2.05) is 24.3 Å². The quantitative estimate of drug-likeness (QED) is 0.830. The molecule has 1 aromatic heterocycles. The molecule has 0 aliphatic heterocycles. The number of aromatic nitrogens is 1. The second kappa shape index (κ2) is 4.14. The zero-order valence-corrected chi connectivity index (χ0v) is 8.30. The van der Waals surface area contributed by atoms with Crippen molar-refractivity contribution in [3.8, 4) is 17.0 Å². The molecule has 0 amide bonds. The molecule has 0 saturated carbocycles. The van der Waals surface area contributed by atoms with E-state index in [0.29, 0.717) is 11.5 Å². The molecule has 4 nitrogen and oxygen atoms in total. The predicted molar refractivity (Wildman–Crippen MR) is 54.4 cm³/mol. The Morgan fingerprint density at radius 1 is 1.40 bits per heavy atom. The van der Waals surface area contributed by atoms with Crippen molar-refractivity contribution in [2.75, 3.05) is 7.11 Å². The molecule has 2 aromatic rings. The SMILES string of the molecule is COc1ccccc1-c1cc(CO)on1. The fourth-order valence-corrected chi connectivity index (χ4v) is 1.37. The molecule has 0 unspecified atom stereocenters. The summed E-state index contributed by atoms with van der Waals surface area (Å²) in [4.78, 5) is 0. The van der Waals surface area contributed by atoms with Crippen molar-refractivity contribution >= 4 is 0 Å². The first-order valence-electron chi connectivity index (χ1n) is 4.55. The molecule has 1 heterocycles. The zero-order valence-electron chi connectivity index (χ0n) is 8.30. The number of hydrogen-bond acceptors (Lipinski definition) is 4. The maximum Gasteiger partial charge on any atom is 0.162 e. The van der Waals surface area contributed by atoms with E-state index in [0.717, 1.165) is 11.3 Å². The molecule has 78 valence electrons. The van der Waals surface area contributed by atoms with Crippen LogP contribution in [0.25, 0.3) is 11.3 Å². The van der Waals surface area contributed by atoms with Crippen LogP contribution in [0.4, 0.5) is 0 Å². The van der Waals surface area contributed by atoms with Crippen molar-refractivity contribution in [2.24, 2.45) is 0 Å². The van der Waals surface area contributed by atoms with Crippen molar-refractivity contribution in [3.63, 3.8) is 0 Å². The third kappa shape index (κ3) is 1.85. The van der Waals surface area contributed by atoms with Gasteiger partial charge in [0.05, 0.1) is 7.11 Å². The predicted octanol–water partition coefficient (Wildman–Crippen LogP) is 1.84. The molecule has 1 aromatic carbocycles. The number of nitrogens with zero attached hydrogens (tertiary/aromatic N) is 1. The van der Waals surface area contributed by atoms with Crippen LogP contribution < -0.4 is 4.74 Å². The van der Waals surface area contributed by atoms with Gasteiger partial charge in [0.15, 0.2) is 5.76 Å². The van der Waals surface area contributed by atoms with E-state index in [2.05, 4.69) is 5.16 Å². The van der Waals surface area contributed by atoms with Crippen LogP contribution in [0.5, 0.6) is 5.75 Å². The lowest BCUT2D eigenvalue weighted by atomic mass is 10.1. The molecule has 0 fully saturated rings. The molecule has 0 spiro atoms. The van der Waals surface area contributed by atoms with Gasteiger partial charge in [0.25, 0.3) is 0 Å². The minimum absolute atomic E-state index is 0.151. The number of para-hydroxylation sites is 1. The topological polar surface area (TPSA) is 55.5 Å². The second-order valence-electron chi connectivity index (χ2n) is 3.04. The van der Waals surface area contributed by atoms with Gasteiger partial charge in [-0.15, -0.1) is 0 Å². The summed E-state index contributed by atoms with van der Waals surface area (Å²) in [6.45, 7) is -0.151. The van der Waals surface area contributed by atoms with Crippen molar-refractivity contribution in [1.29, 1.82) is 0 Å². The molecule has 1 N–H and O–H groups in total. The zero-order chi connectivity index (χ0) is 10.7. The van der Waals surface area contributed by atoms with Crippen LogP contribution in [0, 0.1) is 0 Å². The van der Waals surface area contributed by atoms with Crippen LogP contribution in [-0.4, -0.2) is 17.4 Å². The summed E-state index contributed by atoms with van der Waals surface area (Å²) >= 11 is 0. The third-order valence-corrected chi connectivity index (χ3v) is 2.10. The molecular weight excluding hydrogens is 194 g/mol. The molecule has 4 heteroatoms. The molecule has 0 atom stereocenters. The van der Waals surface area contributed by atoms with E-state index in [9.17, 15) is 0 Å². The maximum atomic E-state index is 8.86. The number of benzene rings is 1. The van der Waals surface area contributed by atoms with E-state index in [-0.39, 0.29) is 6.61 Å². The van der Waals surface area contributed by atoms with Crippen molar-refractivity contribution in [1.82, 2.24) is 5.16 Å². The lowest BCUT2D eigenvalue weighted by Gasteiger charge is -2.03. The monoisotopic (exact) mass is 205 g/mol. The van der Waals surface area contributed by atoms with E-state index in [1.165, 1.54) is 0 Å². The van der Waals surface area contributed by atoms with E-state index in [1.54, 1.807) is 13.2 Å². The van der Waals surface area contributed by atoms with Crippen molar-refractivity contribution in [2.45, 2.75) is 6.61 Å². The fourth-order valence-electron chi connectivity index (χ4n) is 1.37. The largest absolute Gasteiger partial charge is 0.496 e. The summed E-state index contributed by atoms with van der Waals surface area (Å²) in [6.07, 6.45) is 0. The summed E-state index contributed by atoms with van der Waals surface area (Å²) in [7, 11) is 1.60. The fraction of sp³-hybridized carbons (Fsp3) is 0.182. The van der Waals surface area contributed by atoms with Crippen molar-refractivity contribution in [3.05, 3.63) is 36.1 Å². The van der Waals surface area contributed by atoms with Gasteiger partial charge in [-0.25, -0.2) is 0 Å². The number of methoxy groups -OCH3 is 1. The molecule has 0 saturated heterocycles. The molecular formula is C11H11NO3. The van der Waals surface area contributed by atoms with Gasteiger partial charge in [-0.2, -0.15) is 0 Å². The van der Waals surface area contributed by atoms with E-state index in [4.69, 9.17) is 14.4 Å². The lowest BCUT2D eigenvalue weighted by Crippen LogP contribution is -1.86. The Morgan fingerprint density at radius 2 is 2.20 bits per heavy atom. The number of aliphatic hydroxyl groups is 1. The Kier molecular flexibility index (Phi) is 2.69. The Labute approximate surface area is 87.1 Å². The average Bonchev–Trinajstić information content (AvgIpc) is 2.77. The first kappa shape index (κ1) is 9.73. The normalized spacial score (nSPS) is 10.3. The molecule has 0 aliphatic carbocycles. The van der Waals surface area contributed by atoms with Crippen LogP contribution in [-0.2, 0) is 6.61 Å². The van der Waals surface area contributed by atoms with Crippen LogP contribution >= 0.6 is 0 Å². The summed E-state index contributed by atoms with van der Waals surface area (Å²) in [6, 6.07) is 9.21. The van der Waals surface area contributed by atoms with E-state index >= 15 is 0 Å². The summed E-state index contributed by atoms with van der Waals surface area (Å²) < 4.78 is 10.1. The van der Waals surface area contributed by atoms with Crippen molar-refractivity contribution < 1.29 is 14.4 Å². The van der Waals surface area contributed by atoms with Crippen LogP contribution in [0.1, 0.15) is 5.76 Å². The standard InChI is InChI=1S/C11H11NO3/c1-14-11-5-3-2-4-9(11)10-6-8(7-13)15-12-10/h2-6,13H,7H2,1H3. The van der Waals surface area contributed by atoms with Gasteiger partial charge in [-0.3, -0.25) is 0 Å². The van der Waals surface area contributed by atoms with Gasteiger partial charge in [-0.05, 0) is 12.1 Å². The molecule has 2 rings (SSSR count). The van der Waals surface area contributed by atoms with Gasteiger partial charge < -0.3 is 14.4 Å². The van der Waals surface area contributed by atoms with E-state index < -0.39 is 0 Å². The first-order chi connectivity index (χ1) is 7.35. The molecule has 0 bridgehead atoms. The molecule has 15 heavy (non-hydrogen) atoms. The summed E-state index contributed by atoms with van der Waals surface area (Å²) in [5, 5.41) is 12.7. The average molecular weight is 205 g/mol. The first-order valence-corrected chi connectivity index (χ1v) is 4.55. The third-order valence-electron chi connectivity index (χ3n) is 2.10. The lowest BCUT2D eigenvalue weighted by molar-refractivity contribution is 0.229. The highest BCUT2D eigenvalue weighted by molar-refractivity contribution is 5.66. The Balaban J connectivity index is 2.44. The Hall–Kier alpha value is -1.81. The number of hydrogen-bond donors (Lipinski definition) is 1. The number of rotatable bonds is 3. The van der Waals surface area contributed by atoms with Gasteiger partial charge in [0, 0.05) is 11.6 Å². The molecule has 0 radical (unpaired) electrons. The number of ether oxygens (including phenoxy) is 1. The van der Waals surface area contributed by atoms with Gasteiger partial charge in [0.2, 0.25) is 0 Å². The molecule has 0 aliphatic rings. The number of aliphatic hydroxyl groups excluding tert-OH is 1. The Bertz CT molecular complexity index is 451. The highest BCUT2D eigenvalue weighted by atomic mass is 16.5. The summed E-state index contributed by atoms with van der Waals surface area (Å²) in [5.74, 6) is 1.17. The van der Waals surface area contributed by atoms with Crippen LogP contribution in [0.3, 0.4) is 0 Å². The minimum Gasteiger partial charge on any atom is -0.496 e. The smallest absolute Gasteiger partial charge is 0.162 e. The van der Waals surface area contributed by atoms with Gasteiger partial charge in [-0.1, -0.05) is 17.3 Å². The minimum atomic E-state index is -0.151.